The average molecular weight is 311 g/mol. The number of rotatable bonds is 6. The Morgan fingerprint density at radius 2 is 2.00 bits per heavy atom. The van der Waals surface area contributed by atoms with Crippen molar-refractivity contribution in [3.63, 3.8) is 0 Å². The molecule has 2 heterocycles. The molecule has 2 N–H and O–H groups in total. The molecule has 0 bridgehead atoms. The fourth-order valence-corrected chi connectivity index (χ4v) is 3.90. The van der Waals surface area contributed by atoms with Crippen LogP contribution in [-0.2, 0) is 23.0 Å². The van der Waals surface area contributed by atoms with Crippen LogP contribution in [0.4, 0.5) is 5.82 Å². The molecule has 5 nitrogen and oxygen atoms in total. The molecule has 0 atom stereocenters. The maximum absolute atomic E-state index is 12.3. The van der Waals surface area contributed by atoms with Gasteiger partial charge in [-0.3, -0.25) is 0 Å². The summed E-state index contributed by atoms with van der Waals surface area (Å²) in [5.74, 6) is 0.348. The maximum Gasteiger partial charge on any atom is 0.244 e. The van der Waals surface area contributed by atoms with E-state index in [0.29, 0.717) is 12.4 Å². The minimum atomic E-state index is -3.57. The highest BCUT2D eigenvalue weighted by Crippen LogP contribution is 2.20. The van der Waals surface area contributed by atoms with Crippen molar-refractivity contribution in [2.75, 3.05) is 12.4 Å². The molecule has 0 saturated heterocycles. The van der Waals surface area contributed by atoms with Crippen LogP contribution in [0.1, 0.15) is 16.7 Å². The number of pyridine rings is 1. The molecular formula is C13H17N3O2S2. The third-order valence-electron chi connectivity index (χ3n) is 2.80. The van der Waals surface area contributed by atoms with Crippen LogP contribution in [-0.4, -0.2) is 20.4 Å². The largest absolute Gasteiger partial charge is 0.372 e. The molecule has 0 aliphatic carbocycles. The second-order valence-corrected chi connectivity index (χ2v) is 7.13. The average Bonchev–Trinajstić information content (AvgIpc) is 2.93. The fraction of sp³-hybridized carbons (Fsp3) is 0.308. The summed E-state index contributed by atoms with van der Waals surface area (Å²) in [6.45, 7) is 2.37. The molecule has 0 fully saturated rings. The SMILES string of the molecule is CCc1ccc(CNS(=O)(=O)c2cccnc2NC)s1. The predicted molar refractivity (Wildman–Crippen MR) is 81.5 cm³/mol. The van der Waals surface area contributed by atoms with Crippen LogP contribution in [0, 0.1) is 0 Å². The molecule has 0 amide bonds. The van der Waals surface area contributed by atoms with Crippen molar-refractivity contribution in [2.24, 2.45) is 0 Å². The smallest absolute Gasteiger partial charge is 0.244 e. The van der Waals surface area contributed by atoms with Gasteiger partial charge in [0.2, 0.25) is 10.0 Å². The predicted octanol–water partition coefficient (Wildman–Crippen LogP) is 2.23. The van der Waals surface area contributed by atoms with E-state index >= 15 is 0 Å². The van der Waals surface area contributed by atoms with Gasteiger partial charge >= 0.3 is 0 Å². The van der Waals surface area contributed by atoms with Gasteiger partial charge in [-0.05, 0) is 30.7 Å². The van der Waals surface area contributed by atoms with E-state index in [4.69, 9.17) is 0 Å². The van der Waals surface area contributed by atoms with Crippen molar-refractivity contribution in [2.45, 2.75) is 24.8 Å². The molecule has 0 aliphatic heterocycles. The van der Waals surface area contributed by atoms with Crippen LogP contribution < -0.4 is 10.0 Å². The van der Waals surface area contributed by atoms with Crippen molar-refractivity contribution < 1.29 is 8.42 Å². The standard InChI is InChI=1S/C13H17N3O2S2/c1-3-10-6-7-11(19-10)9-16-20(17,18)12-5-4-8-15-13(12)14-2/h4-8,16H,3,9H2,1-2H3,(H,14,15). The lowest BCUT2D eigenvalue weighted by Gasteiger charge is -2.09. The lowest BCUT2D eigenvalue weighted by Crippen LogP contribution is -2.24. The Labute approximate surface area is 123 Å². The Kier molecular flexibility index (Phi) is 4.74. The molecule has 0 radical (unpaired) electrons. The van der Waals surface area contributed by atoms with Crippen molar-refractivity contribution in [3.05, 3.63) is 40.2 Å². The van der Waals surface area contributed by atoms with E-state index < -0.39 is 10.0 Å². The lowest BCUT2D eigenvalue weighted by molar-refractivity contribution is 0.582. The van der Waals surface area contributed by atoms with Crippen molar-refractivity contribution in [1.82, 2.24) is 9.71 Å². The van der Waals surface area contributed by atoms with Gasteiger partial charge in [0.1, 0.15) is 10.7 Å². The van der Waals surface area contributed by atoms with Crippen LogP contribution in [0.3, 0.4) is 0 Å². The van der Waals surface area contributed by atoms with E-state index in [2.05, 4.69) is 21.9 Å². The maximum atomic E-state index is 12.3. The van der Waals surface area contributed by atoms with Gasteiger partial charge in [0.05, 0.1) is 0 Å². The summed E-state index contributed by atoms with van der Waals surface area (Å²) in [4.78, 5) is 6.42. The fourth-order valence-electron chi connectivity index (χ4n) is 1.75. The molecule has 0 saturated carbocycles. The summed E-state index contributed by atoms with van der Waals surface area (Å²) < 4.78 is 27.2. The summed E-state index contributed by atoms with van der Waals surface area (Å²) in [5.41, 5.74) is 0. The van der Waals surface area contributed by atoms with E-state index in [-0.39, 0.29) is 4.90 Å². The number of thiophene rings is 1. The van der Waals surface area contributed by atoms with E-state index in [0.717, 1.165) is 11.3 Å². The summed E-state index contributed by atoms with van der Waals surface area (Å²) in [6, 6.07) is 7.12. The number of anilines is 1. The number of hydrogen-bond donors (Lipinski definition) is 2. The Balaban J connectivity index is 2.15. The highest BCUT2D eigenvalue weighted by molar-refractivity contribution is 7.89. The number of sulfonamides is 1. The molecule has 7 heteroatoms. The molecule has 2 rings (SSSR count). The first-order valence-electron chi connectivity index (χ1n) is 6.27. The first-order valence-corrected chi connectivity index (χ1v) is 8.57. The topological polar surface area (TPSA) is 71.1 Å². The van der Waals surface area contributed by atoms with Crippen molar-refractivity contribution in [3.8, 4) is 0 Å². The molecular weight excluding hydrogens is 294 g/mol. The van der Waals surface area contributed by atoms with Gasteiger partial charge in [0, 0.05) is 29.5 Å². The summed E-state index contributed by atoms with van der Waals surface area (Å²) in [7, 11) is -1.92. The van der Waals surface area contributed by atoms with Crippen LogP contribution in [0.15, 0.2) is 35.4 Å². The molecule has 2 aromatic heterocycles. The van der Waals surface area contributed by atoms with Crippen LogP contribution in [0.25, 0.3) is 0 Å². The second kappa shape index (κ2) is 6.34. The quantitative estimate of drug-likeness (QED) is 0.858. The van der Waals surface area contributed by atoms with E-state index in [1.807, 2.05) is 12.1 Å². The summed E-state index contributed by atoms with van der Waals surface area (Å²) in [5, 5.41) is 2.79. The van der Waals surface area contributed by atoms with E-state index in [9.17, 15) is 8.42 Å². The normalized spacial score (nSPS) is 11.5. The molecule has 0 unspecified atom stereocenters. The zero-order chi connectivity index (χ0) is 14.6. The number of aromatic nitrogens is 1. The van der Waals surface area contributed by atoms with Crippen LogP contribution in [0.2, 0.25) is 0 Å². The Bertz CT molecular complexity index is 680. The Morgan fingerprint density at radius 1 is 1.25 bits per heavy atom. The van der Waals surface area contributed by atoms with Gasteiger partial charge in [0.15, 0.2) is 0 Å². The van der Waals surface area contributed by atoms with Gasteiger partial charge in [0.25, 0.3) is 0 Å². The first-order chi connectivity index (χ1) is 9.56. The Hall–Kier alpha value is -1.44. The summed E-state index contributed by atoms with van der Waals surface area (Å²) >= 11 is 1.62. The van der Waals surface area contributed by atoms with Crippen LogP contribution >= 0.6 is 11.3 Å². The number of hydrogen-bond acceptors (Lipinski definition) is 5. The zero-order valence-corrected chi connectivity index (χ0v) is 13.0. The molecule has 108 valence electrons. The van der Waals surface area contributed by atoms with E-state index in [1.54, 1.807) is 30.6 Å². The van der Waals surface area contributed by atoms with Gasteiger partial charge < -0.3 is 5.32 Å². The van der Waals surface area contributed by atoms with Crippen molar-refractivity contribution in [1.29, 1.82) is 0 Å². The van der Waals surface area contributed by atoms with Gasteiger partial charge in [-0.25, -0.2) is 18.1 Å². The molecule has 20 heavy (non-hydrogen) atoms. The minimum Gasteiger partial charge on any atom is -0.372 e. The molecule has 0 spiro atoms. The zero-order valence-electron chi connectivity index (χ0n) is 11.4. The van der Waals surface area contributed by atoms with Gasteiger partial charge in [-0.15, -0.1) is 11.3 Å². The summed E-state index contributed by atoms with van der Waals surface area (Å²) in [6.07, 6.45) is 2.52. The number of nitrogens with one attached hydrogen (secondary N) is 2. The van der Waals surface area contributed by atoms with Crippen molar-refractivity contribution >= 4 is 27.2 Å². The van der Waals surface area contributed by atoms with Crippen LogP contribution in [0.5, 0.6) is 0 Å². The number of aryl methyl sites for hydroxylation is 1. The van der Waals surface area contributed by atoms with E-state index in [1.165, 1.54) is 10.9 Å². The minimum absolute atomic E-state index is 0.162. The molecule has 0 aliphatic rings. The lowest BCUT2D eigenvalue weighted by atomic mass is 10.4. The first kappa shape index (κ1) is 15.0. The second-order valence-electron chi connectivity index (χ2n) is 4.15. The third kappa shape index (κ3) is 3.36. The third-order valence-corrected chi connectivity index (χ3v) is 5.46. The monoisotopic (exact) mass is 311 g/mol. The molecule has 0 aromatic carbocycles. The highest BCUT2D eigenvalue weighted by atomic mass is 32.2. The molecule has 2 aromatic rings. The van der Waals surface area contributed by atoms with Gasteiger partial charge in [-0.2, -0.15) is 0 Å². The Morgan fingerprint density at radius 3 is 2.65 bits per heavy atom. The number of nitrogens with zero attached hydrogens (tertiary/aromatic N) is 1. The highest BCUT2D eigenvalue weighted by Gasteiger charge is 2.18. The van der Waals surface area contributed by atoms with Gasteiger partial charge in [-0.1, -0.05) is 6.92 Å².